The van der Waals surface area contributed by atoms with Crippen molar-refractivity contribution in [2.75, 3.05) is 19.2 Å². The molecule has 6 heteroatoms. The quantitative estimate of drug-likeness (QED) is 0.685. The molecule has 0 radical (unpaired) electrons. The minimum Gasteiger partial charge on any atom is -0.496 e. The summed E-state index contributed by atoms with van der Waals surface area (Å²) in [5.41, 5.74) is 1.65. The van der Waals surface area contributed by atoms with Gasteiger partial charge in [0.15, 0.2) is 17.3 Å². The molecule has 0 unspecified atom stereocenters. The molecule has 1 N–H and O–H groups in total. The van der Waals surface area contributed by atoms with Gasteiger partial charge in [0.2, 0.25) is 6.79 Å². The first-order chi connectivity index (χ1) is 13.7. The number of hydrogen-bond acceptors (Lipinski definition) is 5. The molecule has 3 aromatic rings. The summed E-state index contributed by atoms with van der Waals surface area (Å²) in [5, 5.41) is 2.81. The van der Waals surface area contributed by atoms with E-state index in [1.54, 1.807) is 60.7 Å². The predicted octanol–water partition coefficient (Wildman–Crippen LogP) is 3.91. The van der Waals surface area contributed by atoms with Crippen molar-refractivity contribution >= 4 is 17.4 Å². The van der Waals surface area contributed by atoms with Gasteiger partial charge in [-0.15, -0.1) is 0 Å². The number of ketones is 1. The van der Waals surface area contributed by atoms with Crippen LogP contribution in [0.5, 0.6) is 17.2 Å². The summed E-state index contributed by atoms with van der Waals surface area (Å²) in [7, 11) is 1.47. The van der Waals surface area contributed by atoms with Gasteiger partial charge in [-0.1, -0.05) is 42.5 Å². The zero-order valence-electron chi connectivity index (χ0n) is 15.1. The summed E-state index contributed by atoms with van der Waals surface area (Å²) in [6.45, 7) is 0.0952. The lowest BCUT2D eigenvalue weighted by Gasteiger charge is -2.13. The number of hydrogen-bond donors (Lipinski definition) is 1. The molecule has 0 bridgehead atoms. The van der Waals surface area contributed by atoms with Crippen LogP contribution in [0.1, 0.15) is 26.3 Å². The van der Waals surface area contributed by atoms with Crippen LogP contribution in [-0.2, 0) is 0 Å². The first-order valence-corrected chi connectivity index (χ1v) is 8.65. The van der Waals surface area contributed by atoms with Crippen LogP contribution in [0.15, 0.2) is 66.7 Å². The molecule has 0 atom stereocenters. The molecule has 1 amide bonds. The third-order valence-electron chi connectivity index (χ3n) is 4.40. The Labute approximate surface area is 161 Å². The average Bonchev–Trinajstić information content (AvgIpc) is 3.20. The second-order valence-corrected chi connectivity index (χ2v) is 6.10. The second kappa shape index (κ2) is 7.44. The number of amides is 1. The minimum atomic E-state index is -0.413. The molecule has 0 saturated heterocycles. The molecule has 0 saturated carbocycles. The van der Waals surface area contributed by atoms with E-state index in [1.165, 1.54) is 7.11 Å². The van der Waals surface area contributed by atoms with Gasteiger partial charge in [-0.2, -0.15) is 0 Å². The zero-order chi connectivity index (χ0) is 19.5. The fourth-order valence-corrected chi connectivity index (χ4v) is 2.99. The van der Waals surface area contributed by atoms with E-state index in [1.807, 2.05) is 6.07 Å². The van der Waals surface area contributed by atoms with Crippen LogP contribution in [0, 0.1) is 0 Å². The molecular formula is C22H17NO5. The Balaban J connectivity index is 1.66. The van der Waals surface area contributed by atoms with Crippen LogP contribution in [0.4, 0.5) is 5.69 Å². The van der Waals surface area contributed by atoms with Crippen molar-refractivity contribution < 1.29 is 23.8 Å². The van der Waals surface area contributed by atoms with Crippen LogP contribution < -0.4 is 19.5 Å². The van der Waals surface area contributed by atoms with Gasteiger partial charge in [-0.25, -0.2) is 0 Å². The Morgan fingerprint density at radius 3 is 2.32 bits per heavy atom. The first-order valence-electron chi connectivity index (χ1n) is 8.65. The number of nitrogens with one attached hydrogen (secondary N) is 1. The highest BCUT2D eigenvalue weighted by Crippen LogP contribution is 2.38. The van der Waals surface area contributed by atoms with E-state index in [0.717, 1.165) is 0 Å². The number of rotatable bonds is 5. The Kier molecular flexibility index (Phi) is 4.68. The normalized spacial score (nSPS) is 11.8. The highest BCUT2D eigenvalue weighted by Gasteiger charge is 2.23. The molecule has 4 rings (SSSR count). The third kappa shape index (κ3) is 3.27. The van der Waals surface area contributed by atoms with Gasteiger partial charge in [-0.05, 0) is 12.1 Å². The van der Waals surface area contributed by atoms with Crippen molar-refractivity contribution in [1.82, 2.24) is 0 Å². The Morgan fingerprint density at radius 2 is 1.57 bits per heavy atom. The lowest BCUT2D eigenvalue weighted by molar-refractivity contribution is 0.102. The minimum absolute atomic E-state index is 0.0952. The van der Waals surface area contributed by atoms with Crippen LogP contribution in [0.3, 0.4) is 0 Å². The molecule has 1 aliphatic rings. The van der Waals surface area contributed by atoms with Crippen LogP contribution >= 0.6 is 0 Å². The molecule has 0 spiro atoms. The topological polar surface area (TPSA) is 73.9 Å². The predicted molar refractivity (Wildman–Crippen MR) is 103 cm³/mol. The van der Waals surface area contributed by atoms with Crippen molar-refractivity contribution in [3.63, 3.8) is 0 Å². The van der Waals surface area contributed by atoms with Crippen LogP contribution in [0.2, 0.25) is 0 Å². The molecule has 3 aromatic carbocycles. The maximum atomic E-state index is 12.9. The Bertz CT molecular complexity index is 1050. The van der Waals surface area contributed by atoms with Gasteiger partial charge in [0.25, 0.3) is 5.91 Å². The summed E-state index contributed by atoms with van der Waals surface area (Å²) in [4.78, 5) is 25.8. The molecule has 28 heavy (non-hydrogen) atoms. The average molecular weight is 375 g/mol. The fourth-order valence-electron chi connectivity index (χ4n) is 2.99. The molecule has 0 aromatic heterocycles. The number of carbonyl (C=O) groups is 2. The van der Waals surface area contributed by atoms with Gasteiger partial charge in [-0.3, -0.25) is 9.59 Å². The molecule has 1 aliphatic heterocycles. The molecule has 0 fully saturated rings. The molecule has 0 aliphatic carbocycles. The summed E-state index contributed by atoms with van der Waals surface area (Å²) < 4.78 is 16.0. The smallest absolute Gasteiger partial charge is 0.259 e. The van der Waals surface area contributed by atoms with E-state index < -0.39 is 5.91 Å². The highest BCUT2D eigenvalue weighted by molar-refractivity contribution is 6.15. The number of para-hydroxylation sites is 1. The maximum Gasteiger partial charge on any atom is 0.259 e. The van der Waals surface area contributed by atoms with Crippen molar-refractivity contribution in [1.29, 1.82) is 0 Å². The number of anilines is 1. The third-order valence-corrected chi connectivity index (χ3v) is 4.40. The SMILES string of the molecule is COc1cc2c(cc1C(=O)Nc1ccccc1C(=O)c1ccccc1)OCO2. The molecule has 6 nitrogen and oxygen atoms in total. The second-order valence-electron chi connectivity index (χ2n) is 6.10. The maximum absolute atomic E-state index is 12.9. The van der Waals surface area contributed by atoms with E-state index in [0.29, 0.717) is 34.1 Å². The van der Waals surface area contributed by atoms with E-state index in [9.17, 15) is 9.59 Å². The van der Waals surface area contributed by atoms with Gasteiger partial charge < -0.3 is 19.5 Å². The largest absolute Gasteiger partial charge is 0.496 e. The van der Waals surface area contributed by atoms with Gasteiger partial charge in [0.05, 0.1) is 18.4 Å². The number of fused-ring (bicyclic) bond motifs is 1. The Morgan fingerprint density at radius 1 is 0.893 bits per heavy atom. The Hall–Kier alpha value is -3.80. The van der Waals surface area contributed by atoms with Gasteiger partial charge in [0.1, 0.15) is 5.75 Å². The lowest BCUT2D eigenvalue weighted by atomic mass is 10.0. The summed E-state index contributed by atoms with van der Waals surface area (Å²) >= 11 is 0. The first kappa shape index (κ1) is 17.6. The standard InChI is InChI=1S/C22H17NO5/c1-26-18-12-20-19(27-13-28-20)11-16(18)22(25)23-17-10-6-5-9-15(17)21(24)14-7-3-2-4-8-14/h2-12H,13H2,1H3,(H,23,25). The summed E-state index contributed by atoms with van der Waals surface area (Å²) in [6.07, 6.45) is 0. The number of carbonyl (C=O) groups excluding carboxylic acids is 2. The number of benzene rings is 3. The van der Waals surface area contributed by atoms with Crippen molar-refractivity contribution in [3.8, 4) is 17.2 Å². The van der Waals surface area contributed by atoms with Gasteiger partial charge in [0, 0.05) is 23.3 Å². The molecule has 1 heterocycles. The van der Waals surface area contributed by atoms with E-state index in [4.69, 9.17) is 14.2 Å². The van der Waals surface area contributed by atoms with E-state index >= 15 is 0 Å². The number of methoxy groups -OCH3 is 1. The van der Waals surface area contributed by atoms with E-state index in [2.05, 4.69) is 5.32 Å². The van der Waals surface area contributed by atoms with Crippen molar-refractivity contribution in [2.24, 2.45) is 0 Å². The van der Waals surface area contributed by atoms with Crippen molar-refractivity contribution in [2.45, 2.75) is 0 Å². The zero-order valence-corrected chi connectivity index (χ0v) is 15.1. The number of ether oxygens (including phenoxy) is 3. The monoisotopic (exact) mass is 375 g/mol. The van der Waals surface area contributed by atoms with Gasteiger partial charge >= 0.3 is 0 Å². The molecular weight excluding hydrogens is 358 g/mol. The molecule has 140 valence electrons. The van der Waals surface area contributed by atoms with Crippen molar-refractivity contribution in [3.05, 3.63) is 83.4 Å². The summed E-state index contributed by atoms with van der Waals surface area (Å²) in [5.74, 6) is 0.763. The van der Waals surface area contributed by atoms with Crippen LogP contribution in [0.25, 0.3) is 0 Å². The highest BCUT2D eigenvalue weighted by atomic mass is 16.7. The van der Waals surface area contributed by atoms with Crippen LogP contribution in [-0.4, -0.2) is 25.6 Å². The van der Waals surface area contributed by atoms with E-state index in [-0.39, 0.29) is 18.1 Å². The fraction of sp³-hybridized carbons (Fsp3) is 0.0909. The lowest BCUT2D eigenvalue weighted by Crippen LogP contribution is -2.16. The summed E-state index contributed by atoms with van der Waals surface area (Å²) in [6, 6.07) is 19.0.